The average Bonchev–Trinajstić information content (AvgIpc) is 2.86. The molecule has 0 radical (unpaired) electrons. The number of hydrogen-bond acceptors (Lipinski definition) is 5. The van der Waals surface area contributed by atoms with E-state index in [1.165, 1.54) is 0 Å². The maximum absolute atomic E-state index is 12.8. The van der Waals surface area contributed by atoms with Crippen LogP contribution in [0, 0.1) is 6.92 Å². The molecule has 1 aliphatic heterocycles. The number of hydrogen-bond donors (Lipinski definition) is 1. The van der Waals surface area contributed by atoms with Crippen LogP contribution in [-0.4, -0.2) is 44.8 Å². The van der Waals surface area contributed by atoms with Crippen molar-refractivity contribution in [3.63, 3.8) is 0 Å². The number of benzene rings is 3. The Labute approximate surface area is 194 Å². The van der Waals surface area contributed by atoms with E-state index in [1.54, 1.807) is 19.1 Å². The number of rotatable bonds is 6. The Kier molecular flexibility index (Phi) is 7.05. The van der Waals surface area contributed by atoms with Crippen molar-refractivity contribution in [2.45, 2.75) is 13.8 Å². The summed E-state index contributed by atoms with van der Waals surface area (Å²) in [5.41, 5.74) is 5.96. The Hall–Kier alpha value is -3.64. The van der Waals surface area contributed by atoms with Gasteiger partial charge in [-0.2, -0.15) is 0 Å². The third kappa shape index (κ3) is 5.41. The third-order valence-corrected chi connectivity index (χ3v) is 5.71. The van der Waals surface area contributed by atoms with Crippen molar-refractivity contribution >= 4 is 23.3 Å². The lowest BCUT2D eigenvalue weighted by molar-refractivity contribution is 0.0526. The van der Waals surface area contributed by atoms with Crippen molar-refractivity contribution in [2.75, 3.05) is 43.1 Å². The normalized spacial score (nSPS) is 13.5. The van der Waals surface area contributed by atoms with Gasteiger partial charge in [0.2, 0.25) is 0 Å². The first-order valence-electron chi connectivity index (χ1n) is 11.2. The molecule has 0 unspecified atom stereocenters. The van der Waals surface area contributed by atoms with Crippen LogP contribution >= 0.6 is 0 Å². The van der Waals surface area contributed by atoms with Crippen LogP contribution < -0.4 is 10.2 Å². The number of anilines is 2. The lowest BCUT2D eigenvalue weighted by Gasteiger charge is -2.28. The number of nitrogens with one attached hydrogen (secondary N) is 1. The minimum absolute atomic E-state index is 0.156. The molecule has 6 nitrogen and oxygen atoms in total. The molecule has 6 heteroatoms. The monoisotopic (exact) mass is 444 g/mol. The van der Waals surface area contributed by atoms with Gasteiger partial charge < -0.3 is 19.7 Å². The molecule has 1 amide bonds. The van der Waals surface area contributed by atoms with Crippen molar-refractivity contribution in [1.82, 2.24) is 0 Å². The van der Waals surface area contributed by atoms with Gasteiger partial charge in [0.15, 0.2) is 0 Å². The molecule has 3 aromatic carbocycles. The molecular formula is C27H28N2O4. The van der Waals surface area contributed by atoms with Crippen LogP contribution in [0.2, 0.25) is 0 Å². The summed E-state index contributed by atoms with van der Waals surface area (Å²) in [6.07, 6.45) is 0. The van der Waals surface area contributed by atoms with E-state index in [4.69, 9.17) is 9.47 Å². The van der Waals surface area contributed by atoms with Crippen LogP contribution in [-0.2, 0) is 9.47 Å². The minimum atomic E-state index is -0.332. The average molecular weight is 445 g/mol. The fraction of sp³-hybridized carbons (Fsp3) is 0.259. The number of carbonyl (C=O) groups excluding carboxylic acids is 2. The van der Waals surface area contributed by atoms with Crippen molar-refractivity contribution in [1.29, 1.82) is 0 Å². The zero-order valence-corrected chi connectivity index (χ0v) is 19.0. The van der Waals surface area contributed by atoms with E-state index in [9.17, 15) is 9.59 Å². The topological polar surface area (TPSA) is 67.9 Å². The molecule has 0 saturated carbocycles. The van der Waals surface area contributed by atoms with Gasteiger partial charge in [-0.1, -0.05) is 18.2 Å². The van der Waals surface area contributed by atoms with E-state index in [-0.39, 0.29) is 11.9 Å². The van der Waals surface area contributed by atoms with Gasteiger partial charge in [-0.3, -0.25) is 4.79 Å². The number of esters is 1. The van der Waals surface area contributed by atoms with Crippen LogP contribution in [0.4, 0.5) is 11.4 Å². The van der Waals surface area contributed by atoms with Gasteiger partial charge in [-0.25, -0.2) is 4.79 Å². The largest absolute Gasteiger partial charge is 0.462 e. The minimum Gasteiger partial charge on any atom is -0.462 e. The maximum Gasteiger partial charge on any atom is 0.338 e. The first-order valence-corrected chi connectivity index (χ1v) is 11.2. The predicted octanol–water partition coefficient (Wildman–Crippen LogP) is 4.93. The number of nitrogens with zero attached hydrogens (tertiary/aromatic N) is 1. The fourth-order valence-electron chi connectivity index (χ4n) is 3.86. The second-order valence-electron chi connectivity index (χ2n) is 7.93. The number of aryl methyl sites for hydroxylation is 1. The molecule has 170 valence electrons. The Balaban J connectivity index is 1.47. The van der Waals surface area contributed by atoms with Crippen LogP contribution in [0.15, 0.2) is 66.7 Å². The van der Waals surface area contributed by atoms with E-state index in [0.717, 1.165) is 48.7 Å². The molecule has 3 aromatic rings. The van der Waals surface area contributed by atoms with Crippen molar-refractivity contribution in [2.24, 2.45) is 0 Å². The Morgan fingerprint density at radius 1 is 0.939 bits per heavy atom. The second kappa shape index (κ2) is 10.3. The summed E-state index contributed by atoms with van der Waals surface area (Å²) in [5, 5.41) is 2.99. The van der Waals surface area contributed by atoms with Crippen LogP contribution in [0.1, 0.15) is 33.2 Å². The lowest BCUT2D eigenvalue weighted by atomic mass is 9.98. The molecule has 1 fully saturated rings. The van der Waals surface area contributed by atoms with Gasteiger partial charge >= 0.3 is 5.97 Å². The molecule has 1 saturated heterocycles. The number of amides is 1. The summed E-state index contributed by atoms with van der Waals surface area (Å²) < 4.78 is 10.4. The molecule has 0 aliphatic carbocycles. The molecule has 1 aliphatic rings. The maximum atomic E-state index is 12.8. The SMILES string of the molecule is CCOC(=O)c1ccc(-c2cc(NC(=O)c3ccc(N4CCOCC4)cc3)ccc2C)cc1. The quantitative estimate of drug-likeness (QED) is 0.546. The van der Waals surface area contributed by atoms with E-state index in [2.05, 4.69) is 10.2 Å². The molecule has 33 heavy (non-hydrogen) atoms. The first kappa shape index (κ1) is 22.6. The second-order valence-corrected chi connectivity index (χ2v) is 7.93. The van der Waals surface area contributed by atoms with Gasteiger partial charge in [0.05, 0.1) is 25.4 Å². The molecular weight excluding hydrogens is 416 g/mol. The standard InChI is InChI=1S/C27H28N2O4/c1-3-33-27(31)22-7-5-20(6-8-22)25-18-23(11-4-19(25)2)28-26(30)21-9-12-24(13-10-21)29-14-16-32-17-15-29/h4-13,18H,3,14-17H2,1-2H3,(H,28,30). The van der Waals surface area contributed by atoms with E-state index in [1.807, 2.05) is 61.5 Å². The Morgan fingerprint density at radius 3 is 2.27 bits per heavy atom. The summed E-state index contributed by atoms with van der Waals surface area (Å²) in [6, 6.07) is 20.8. The van der Waals surface area contributed by atoms with Gasteiger partial charge in [-0.05, 0) is 79.1 Å². The molecule has 0 atom stereocenters. The van der Waals surface area contributed by atoms with Crippen LogP contribution in [0.25, 0.3) is 11.1 Å². The first-order chi connectivity index (χ1) is 16.0. The van der Waals surface area contributed by atoms with Crippen molar-refractivity contribution < 1.29 is 19.1 Å². The van der Waals surface area contributed by atoms with Gasteiger partial charge in [0.25, 0.3) is 5.91 Å². The molecule has 1 heterocycles. The van der Waals surface area contributed by atoms with Crippen LogP contribution in [0.3, 0.4) is 0 Å². The highest BCUT2D eigenvalue weighted by Gasteiger charge is 2.13. The van der Waals surface area contributed by atoms with E-state index in [0.29, 0.717) is 23.4 Å². The van der Waals surface area contributed by atoms with Gasteiger partial charge in [0.1, 0.15) is 0 Å². The lowest BCUT2D eigenvalue weighted by Crippen LogP contribution is -2.36. The summed E-state index contributed by atoms with van der Waals surface area (Å²) in [4.78, 5) is 27.0. The van der Waals surface area contributed by atoms with Gasteiger partial charge in [0, 0.05) is 30.0 Å². The molecule has 0 bridgehead atoms. The van der Waals surface area contributed by atoms with Crippen molar-refractivity contribution in [3.05, 3.63) is 83.4 Å². The Morgan fingerprint density at radius 2 is 1.61 bits per heavy atom. The zero-order valence-electron chi connectivity index (χ0n) is 19.0. The summed E-state index contributed by atoms with van der Waals surface area (Å²) >= 11 is 0. The predicted molar refractivity (Wildman–Crippen MR) is 130 cm³/mol. The zero-order chi connectivity index (χ0) is 23.2. The van der Waals surface area contributed by atoms with Crippen LogP contribution in [0.5, 0.6) is 0 Å². The number of carbonyl (C=O) groups is 2. The number of morpholine rings is 1. The highest BCUT2D eigenvalue weighted by atomic mass is 16.5. The third-order valence-electron chi connectivity index (χ3n) is 5.71. The number of ether oxygens (including phenoxy) is 2. The molecule has 0 aromatic heterocycles. The van der Waals surface area contributed by atoms with Crippen molar-refractivity contribution in [3.8, 4) is 11.1 Å². The summed E-state index contributed by atoms with van der Waals surface area (Å²) in [6.45, 7) is 7.32. The highest BCUT2D eigenvalue weighted by molar-refractivity contribution is 6.04. The fourth-order valence-corrected chi connectivity index (χ4v) is 3.86. The van der Waals surface area contributed by atoms with E-state index < -0.39 is 0 Å². The summed E-state index contributed by atoms with van der Waals surface area (Å²) in [5.74, 6) is -0.489. The van der Waals surface area contributed by atoms with E-state index >= 15 is 0 Å². The van der Waals surface area contributed by atoms with Gasteiger partial charge in [-0.15, -0.1) is 0 Å². The molecule has 1 N–H and O–H groups in total. The molecule has 0 spiro atoms. The smallest absolute Gasteiger partial charge is 0.338 e. The summed E-state index contributed by atoms with van der Waals surface area (Å²) in [7, 11) is 0. The Bertz CT molecular complexity index is 1120. The molecule has 4 rings (SSSR count). The highest BCUT2D eigenvalue weighted by Crippen LogP contribution is 2.27.